The van der Waals surface area contributed by atoms with Gasteiger partial charge in [0, 0.05) is 5.56 Å². The van der Waals surface area contributed by atoms with Gasteiger partial charge in [-0.25, -0.2) is 0 Å². The van der Waals surface area contributed by atoms with Gasteiger partial charge in [-0.15, -0.1) is 10.2 Å². The van der Waals surface area contributed by atoms with Crippen molar-refractivity contribution in [1.82, 2.24) is 10.2 Å². The van der Waals surface area contributed by atoms with E-state index in [0.29, 0.717) is 5.56 Å². The molecule has 0 fully saturated rings. The molecule has 2 aromatic rings. The molecule has 0 saturated heterocycles. The van der Waals surface area contributed by atoms with Gasteiger partial charge in [0.05, 0.1) is 0 Å². The minimum atomic E-state index is -0.578. The van der Waals surface area contributed by atoms with Gasteiger partial charge in [0.1, 0.15) is 20.8 Å². The molecule has 6 nitrogen and oxygen atoms in total. The standard InChI is InChI=1S/C13H11Cl4N3O3/c1-3(2)4-5(14)13(20-19-12(4)17)23-11-6(15)9(21)8(18)10(22)7(11)16/h3,21-22H,18H2,1-2H3. The summed E-state index contributed by atoms with van der Waals surface area (Å²) in [5, 5.41) is 26.7. The molecule has 4 N–H and O–H groups in total. The lowest BCUT2D eigenvalue weighted by atomic mass is 10.1. The smallest absolute Gasteiger partial charge is 0.258 e. The van der Waals surface area contributed by atoms with E-state index in [2.05, 4.69) is 10.2 Å². The maximum absolute atomic E-state index is 9.78. The van der Waals surface area contributed by atoms with Crippen LogP contribution < -0.4 is 10.5 Å². The Morgan fingerprint density at radius 2 is 1.48 bits per heavy atom. The Morgan fingerprint density at radius 3 is 1.96 bits per heavy atom. The number of phenols is 2. The average molecular weight is 399 g/mol. The monoisotopic (exact) mass is 397 g/mol. The second kappa shape index (κ2) is 6.65. The molecule has 0 radical (unpaired) electrons. The number of rotatable bonds is 3. The highest BCUT2D eigenvalue weighted by Crippen LogP contribution is 2.51. The number of anilines is 1. The fraction of sp³-hybridized carbons (Fsp3) is 0.231. The van der Waals surface area contributed by atoms with Crippen molar-refractivity contribution >= 4 is 52.1 Å². The number of aromatic nitrogens is 2. The zero-order chi connectivity index (χ0) is 17.5. The van der Waals surface area contributed by atoms with Crippen molar-refractivity contribution in [3.63, 3.8) is 0 Å². The molecule has 23 heavy (non-hydrogen) atoms. The lowest BCUT2D eigenvalue weighted by Crippen LogP contribution is -2.01. The Labute approximate surface area is 151 Å². The summed E-state index contributed by atoms with van der Waals surface area (Å²) in [7, 11) is 0. The van der Waals surface area contributed by atoms with Crippen molar-refractivity contribution in [3.05, 3.63) is 25.8 Å². The summed E-state index contributed by atoms with van der Waals surface area (Å²) in [4.78, 5) is 0. The highest BCUT2D eigenvalue weighted by Gasteiger charge is 2.25. The largest absolute Gasteiger partial charge is 0.504 e. The molecule has 1 aromatic heterocycles. The number of hydrogen-bond acceptors (Lipinski definition) is 6. The molecule has 0 amide bonds. The first-order chi connectivity index (χ1) is 10.7. The van der Waals surface area contributed by atoms with E-state index in [1.54, 1.807) is 0 Å². The van der Waals surface area contributed by atoms with Gasteiger partial charge in [-0.3, -0.25) is 0 Å². The molecule has 0 unspecified atom stereocenters. The minimum absolute atomic E-state index is 0.0491. The Bertz CT molecular complexity index is 755. The Kier molecular flexibility index (Phi) is 5.20. The summed E-state index contributed by atoms with van der Waals surface area (Å²) < 4.78 is 5.43. The van der Waals surface area contributed by atoms with Gasteiger partial charge in [0.2, 0.25) is 0 Å². The van der Waals surface area contributed by atoms with Gasteiger partial charge in [-0.05, 0) is 5.92 Å². The molecule has 10 heteroatoms. The zero-order valence-corrected chi connectivity index (χ0v) is 14.9. The van der Waals surface area contributed by atoms with Crippen molar-refractivity contribution in [3.8, 4) is 23.1 Å². The second-order valence-electron chi connectivity index (χ2n) is 4.85. The van der Waals surface area contributed by atoms with Crippen LogP contribution in [0.15, 0.2) is 0 Å². The van der Waals surface area contributed by atoms with Crippen LogP contribution in [0.1, 0.15) is 25.3 Å². The molecule has 124 valence electrons. The fourth-order valence-corrected chi connectivity index (χ4v) is 3.10. The van der Waals surface area contributed by atoms with Crippen molar-refractivity contribution < 1.29 is 14.9 Å². The van der Waals surface area contributed by atoms with E-state index in [9.17, 15) is 10.2 Å². The third kappa shape index (κ3) is 3.17. The number of phenolic OH excluding ortho intramolecular Hbond substituents is 2. The van der Waals surface area contributed by atoms with Gasteiger partial charge in [0.25, 0.3) is 5.88 Å². The van der Waals surface area contributed by atoms with Crippen LogP contribution in [0.25, 0.3) is 0 Å². The summed E-state index contributed by atoms with van der Waals surface area (Å²) in [5.41, 5.74) is 5.61. The Morgan fingerprint density at radius 1 is 0.957 bits per heavy atom. The normalized spacial score (nSPS) is 11.1. The topological polar surface area (TPSA) is 101 Å². The molecule has 0 aliphatic heterocycles. The average Bonchev–Trinajstić information content (AvgIpc) is 2.49. The van der Waals surface area contributed by atoms with Gasteiger partial charge in [0.15, 0.2) is 22.4 Å². The quantitative estimate of drug-likeness (QED) is 0.496. The van der Waals surface area contributed by atoms with Gasteiger partial charge >= 0.3 is 0 Å². The van der Waals surface area contributed by atoms with Crippen molar-refractivity contribution in [2.24, 2.45) is 0 Å². The first-order valence-corrected chi connectivity index (χ1v) is 7.75. The SMILES string of the molecule is CC(C)c1c(Cl)nnc(Oc2c(Cl)c(O)c(N)c(O)c2Cl)c1Cl. The number of halogens is 4. The van der Waals surface area contributed by atoms with Crippen LogP contribution in [0.4, 0.5) is 5.69 Å². The lowest BCUT2D eigenvalue weighted by molar-refractivity contribution is 0.426. The molecule has 1 aromatic carbocycles. The summed E-state index contributed by atoms with van der Waals surface area (Å²) in [5.74, 6) is -1.60. The summed E-state index contributed by atoms with van der Waals surface area (Å²) in [6.07, 6.45) is 0. The van der Waals surface area contributed by atoms with E-state index in [1.165, 1.54) is 0 Å². The van der Waals surface area contributed by atoms with Gasteiger partial charge in [-0.1, -0.05) is 60.3 Å². The first-order valence-electron chi connectivity index (χ1n) is 6.24. The fourth-order valence-electron chi connectivity index (χ4n) is 1.80. The van der Waals surface area contributed by atoms with Crippen LogP contribution in [0, 0.1) is 0 Å². The van der Waals surface area contributed by atoms with Crippen LogP contribution in [0.2, 0.25) is 20.2 Å². The first kappa shape index (κ1) is 18.0. The van der Waals surface area contributed by atoms with E-state index in [-0.39, 0.29) is 43.5 Å². The van der Waals surface area contributed by atoms with E-state index >= 15 is 0 Å². The van der Waals surface area contributed by atoms with E-state index in [4.69, 9.17) is 56.9 Å². The summed E-state index contributed by atoms with van der Waals surface area (Å²) in [6, 6.07) is 0. The highest BCUT2D eigenvalue weighted by molar-refractivity contribution is 6.40. The number of nitrogens with zero attached hydrogens (tertiary/aromatic N) is 2. The molecule has 1 heterocycles. The van der Waals surface area contributed by atoms with Crippen LogP contribution in [0.3, 0.4) is 0 Å². The third-order valence-corrected chi connectivity index (χ3v) is 4.32. The number of benzene rings is 1. The predicted octanol–water partition coefficient (Wildman–Crippen LogP) is 5.00. The third-order valence-electron chi connectivity index (χ3n) is 2.98. The maximum Gasteiger partial charge on any atom is 0.258 e. The van der Waals surface area contributed by atoms with Gasteiger partial charge in [-0.2, -0.15) is 0 Å². The van der Waals surface area contributed by atoms with E-state index in [0.717, 1.165) is 0 Å². The molecular formula is C13H11Cl4N3O3. The molecule has 0 saturated carbocycles. The highest BCUT2D eigenvalue weighted by atomic mass is 35.5. The Balaban J connectivity index is 2.60. The molecular weight excluding hydrogens is 388 g/mol. The molecule has 2 rings (SSSR count). The number of nitrogen functional groups attached to an aromatic ring is 1. The molecule has 0 aliphatic carbocycles. The Hall–Kier alpha value is -1.34. The summed E-state index contributed by atoms with van der Waals surface area (Å²) >= 11 is 24.1. The number of aromatic hydroxyl groups is 2. The minimum Gasteiger partial charge on any atom is -0.504 e. The van der Waals surface area contributed by atoms with Crippen molar-refractivity contribution in [2.45, 2.75) is 19.8 Å². The van der Waals surface area contributed by atoms with Gasteiger partial charge < -0.3 is 20.7 Å². The van der Waals surface area contributed by atoms with Crippen molar-refractivity contribution in [1.29, 1.82) is 0 Å². The molecule has 0 bridgehead atoms. The second-order valence-corrected chi connectivity index (χ2v) is 6.34. The molecule has 0 aliphatic rings. The van der Waals surface area contributed by atoms with E-state index < -0.39 is 11.5 Å². The number of ether oxygens (including phenoxy) is 1. The lowest BCUT2D eigenvalue weighted by Gasteiger charge is -2.16. The molecule has 0 atom stereocenters. The predicted molar refractivity (Wildman–Crippen MR) is 90.4 cm³/mol. The van der Waals surface area contributed by atoms with Crippen LogP contribution in [-0.2, 0) is 0 Å². The maximum atomic E-state index is 9.78. The van der Waals surface area contributed by atoms with Crippen LogP contribution in [-0.4, -0.2) is 20.4 Å². The number of nitrogens with two attached hydrogens (primary N) is 1. The number of hydrogen-bond donors (Lipinski definition) is 3. The van der Waals surface area contributed by atoms with E-state index in [1.807, 2.05) is 13.8 Å². The van der Waals surface area contributed by atoms with Crippen LogP contribution >= 0.6 is 46.4 Å². The van der Waals surface area contributed by atoms with Crippen LogP contribution in [0.5, 0.6) is 23.1 Å². The summed E-state index contributed by atoms with van der Waals surface area (Å²) in [6.45, 7) is 3.72. The molecule has 0 spiro atoms. The zero-order valence-electron chi connectivity index (χ0n) is 11.9. The van der Waals surface area contributed by atoms with Crippen molar-refractivity contribution in [2.75, 3.05) is 5.73 Å².